The maximum Gasteiger partial charge on any atom is 0.0664 e. The van der Waals surface area contributed by atoms with Gasteiger partial charge >= 0.3 is 0 Å². The molecule has 2 N–H and O–H groups in total. The normalized spacial score (nSPS) is 13.5. The number of nitrogens with zero attached hydrogens (tertiary/aromatic N) is 2. The molecule has 3 heteroatoms. The second kappa shape index (κ2) is 2.60. The average molecular weight is 161 g/mol. The summed E-state index contributed by atoms with van der Waals surface area (Å²) >= 11 is 0. The Morgan fingerprint density at radius 1 is 1.50 bits per heavy atom. The van der Waals surface area contributed by atoms with Crippen molar-refractivity contribution in [2.45, 2.75) is 13.0 Å². The maximum atomic E-state index is 5.74. The van der Waals surface area contributed by atoms with E-state index in [1.54, 1.807) is 6.20 Å². The second-order valence-corrected chi connectivity index (χ2v) is 2.95. The molecule has 0 aliphatic rings. The van der Waals surface area contributed by atoms with Crippen LogP contribution in [-0.4, -0.2) is 9.61 Å². The van der Waals surface area contributed by atoms with E-state index in [1.807, 2.05) is 29.8 Å². The predicted molar refractivity (Wildman–Crippen MR) is 47.8 cm³/mol. The van der Waals surface area contributed by atoms with E-state index in [-0.39, 0.29) is 6.04 Å². The summed E-state index contributed by atoms with van der Waals surface area (Å²) in [4.78, 5) is 0. The standard InChI is InChI=1S/C9H11N3/c1-7(10)8-3-5-12-9(6-8)2-4-11-12/h2-7H,10H2,1H3. The van der Waals surface area contributed by atoms with Gasteiger partial charge in [0.2, 0.25) is 0 Å². The van der Waals surface area contributed by atoms with Crippen LogP contribution in [0.3, 0.4) is 0 Å². The zero-order chi connectivity index (χ0) is 8.55. The third-order valence-corrected chi connectivity index (χ3v) is 1.95. The number of fused-ring (bicyclic) bond motifs is 1. The molecule has 3 nitrogen and oxygen atoms in total. The highest BCUT2D eigenvalue weighted by Crippen LogP contribution is 2.11. The molecular weight excluding hydrogens is 150 g/mol. The average Bonchev–Trinajstić information content (AvgIpc) is 2.49. The molecule has 2 aromatic rings. The highest BCUT2D eigenvalue weighted by atomic mass is 15.2. The number of pyridine rings is 1. The molecule has 2 aromatic heterocycles. The minimum atomic E-state index is 0.0879. The molecule has 1 atom stereocenters. The van der Waals surface area contributed by atoms with E-state index in [1.165, 1.54) is 0 Å². The van der Waals surface area contributed by atoms with E-state index in [0.29, 0.717) is 0 Å². The molecule has 12 heavy (non-hydrogen) atoms. The summed E-state index contributed by atoms with van der Waals surface area (Å²) in [7, 11) is 0. The van der Waals surface area contributed by atoms with Crippen LogP contribution in [0.1, 0.15) is 18.5 Å². The number of hydrogen-bond donors (Lipinski definition) is 1. The van der Waals surface area contributed by atoms with E-state index in [2.05, 4.69) is 11.2 Å². The van der Waals surface area contributed by atoms with Crippen LogP contribution in [0.25, 0.3) is 5.52 Å². The molecule has 0 aromatic carbocycles. The molecule has 0 fully saturated rings. The first-order valence-electron chi connectivity index (χ1n) is 3.96. The van der Waals surface area contributed by atoms with Gasteiger partial charge in [-0.25, -0.2) is 4.52 Å². The Bertz CT molecular complexity index is 389. The van der Waals surface area contributed by atoms with Gasteiger partial charge in [-0.3, -0.25) is 0 Å². The van der Waals surface area contributed by atoms with Crippen LogP contribution in [0.5, 0.6) is 0 Å². The van der Waals surface area contributed by atoms with Crippen LogP contribution in [0, 0.1) is 0 Å². The highest BCUT2D eigenvalue weighted by Gasteiger charge is 1.99. The quantitative estimate of drug-likeness (QED) is 0.686. The fourth-order valence-corrected chi connectivity index (χ4v) is 1.22. The Labute approximate surface area is 70.8 Å². The van der Waals surface area contributed by atoms with Crippen molar-refractivity contribution in [3.63, 3.8) is 0 Å². The van der Waals surface area contributed by atoms with Gasteiger partial charge in [0.05, 0.1) is 5.52 Å². The van der Waals surface area contributed by atoms with Gasteiger partial charge in [0.1, 0.15) is 0 Å². The Morgan fingerprint density at radius 2 is 2.33 bits per heavy atom. The van der Waals surface area contributed by atoms with Gasteiger partial charge in [-0.15, -0.1) is 0 Å². The van der Waals surface area contributed by atoms with E-state index < -0.39 is 0 Å². The van der Waals surface area contributed by atoms with Gasteiger partial charge in [0, 0.05) is 18.4 Å². The maximum absolute atomic E-state index is 5.74. The zero-order valence-electron chi connectivity index (χ0n) is 6.94. The van der Waals surface area contributed by atoms with Crippen molar-refractivity contribution in [1.82, 2.24) is 9.61 Å². The van der Waals surface area contributed by atoms with Gasteiger partial charge in [-0.2, -0.15) is 5.10 Å². The fraction of sp³-hybridized carbons (Fsp3) is 0.222. The molecule has 2 heterocycles. The van der Waals surface area contributed by atoms with E-state index in [9.17, 15) is 0 Å². The molecular formula is C9H11N3. The molecule has 0 spiro atoms. The van der Waals surface area contributed by atoms with Crippen molar-refractivity contribution >= 4 is 5.52 Å². The first-order chi connectivity index (χ1) is 5.77. The fourth-order valence-electron chi connectivity index (χ4n) is 1.22. The van der Waals surface area contributed by atoms with Crippen molar-refractivity contribution in [2.75, 3.05) is 0 Å². The molecule has 0 amide bonds. The van der Waals surface area contributed by atoms with Crippen LogP contribution >= 0.6 is 0 Å². The van der Waals surface area contributed by atoms with Gasteiger partial charge in [-0.05, 0) is 30.7 Å². The largest absolute Gasteiger partial charge is 0.324 e. The van der Waals surface area contributed by atoms with Crippen molar-refractivity contribution < 1.29 is 0 Å². The summed E-state index contributed by atoms with van der Waals surface area (Å²) in [5, 5.41) is 4.10. The van der Waals surface area contributed by atoms with Gasteiger partial charge in [0.25, 0.3) is 0 Å². The molecule has 2 rings (SSSR count). The molecule has 0 bridgehead atoms. The summed E-state index contributed by atoms with van der Waals surface area (Å²) in [6.07, 6.45) is 3.70. The summed E-state index contributed by atoms with van der Waals surface area (Å²) < 4.78 is 1.83. The smallest absolute Gasteiger partial charge is 0.0664 e. The Morgan fingerprint density at radius 3 is 3.08 bits per heavy atom. The summed E-state index contributed by atoms with van der Waals surface area (Å²) in [6.45, 7) is 1.97. The van der Waals surface area contributed by atoms with Crippen molar-refractivity contribution in [3.8, 4) is 0 Å². The molecule has 0 saturated carbocycles. The van der Waals surface area contributed by atoms with Gasteiger partial charge in [0.15, 0.2) is 0 Å². The molecule has 0 saturated heterocycles. The summed E-state index contributed by atoms with van der Waals surface area (Å²) in [5.74, 6) is 0. The summed E-state index contributed by atoms with van der Waals surface area (Å²) in [6, 6.07) is 6.10. The molecule has 1 unspecified atom stereocenters. The van der Waals surface area contributed by atoms with Crippen LogP contribution in [0.15, 0.2) is 30.6 Å². The lowest BCUT2D eigenvalue weighted by atomic mass is 10.1. The number of nitrogens with two attached hydrogens (primary N) is 1. The van der Waals surface area contributed by atoms with Crippen LogP contribution in [-0.2, 0) is 0 Å². The Kier molecular flexibility index (Phi) is 1.59. The number of hydrogen-bond acceptors (Lipinski definition) is 2. The van der Waals surface area contributed by atoms with Crippen LogP contribution in [0.4, 0.5) is 0 Å². The lowest BCUT2D eigenvalue weighted by Crippen LogP contribution is -2.05. The third kappa shape index (κ3) is 1.08. The third-order valence-electron chi connectivity index (χ3n) is 1.95. The van der Waals surface area contributed by atoms with Crippen LogP contribution in [0.2, 0.25) is 0 Å². The van der Waals surface area contributed by atoms with Crippen LogP contribution < -0.4 is 5.73 Å². The predicted octanol–water partition coefficient (Wildman–Crippen LogP) is 1.35. The number of rotatable bonds is 1. The van der Waals surface area contributed by atoms with Gasteiger partial charge in [-0.1, -0.05) is 0 Å². The second-order valence-electron chi connectivity index (χ2n) is 2.95. The summed E-state index contributed by atoms with van der Waals surface area (Å²) in [5.41, 5.74) is 7.97. The molecule has 0 aliphatic carbocycles. The molecule has 0 radical (unpaired) electrons. The van der Waals surface area contributed by atoms with Gasteiger partial charge < -0.3 is 5.73 Å². The first-order valence-corrected chi connectivity index (χ1v) is 3.96. The lowest BCUT2D eigenvalue weighted by molar-refractivity contribution is 0.812. The molecule has 0 aliphatic heterocycles. The Balaban J connectivity index is 2.60. The lowest BCUT2D eigenvalue weighted by Gasteiger charge is -2.04. The molecule has 62 valence electrons. The van der Waals surface area contributed by atoms with Crippen molar-refractivity contribution in [1.29, 1.82) is 0 Å². The zero-order valence-corrected chi connectivity index (χ0v) is 6.94. The van der Waals surface area contributed by atoms with E-state index in [4.69, 9.17) is 5.73 Å². The van der Waals surface area contributed by atoms with Crippen molar-refractivity contribution in [2.24, 2.45) is 5.73 Å². The monoisotopic (exact) mass is 161 g/mol. The van der Waals surface area contributed by atoms with Crippen molar-refractivity contribution in [3.05, 3.63) is 36.2 Å². The topological polar surface area (TPSA) is 43.3 Å². The SMILES string of the molecule is CC(N)c1ccn2nccc2c1. The number of aromatic nitrogens is 2. The first kappa shape index (κ1) is 7.31. The highest BCUT2D eigenvalue weighted by molar-refractivity contribution is 5.47. The van der Waals surface area contributed by atoms with E-state index in [0.717, 1.165) is 11.1 Å². The minimum absolute atomic E-state index is 0.0879. The van der Waals surface area contributed by atoms with E-state index >= 15 is 0 Å². The minimum Gasteiger partial charge on any atom is -0.324 e. The Hall–Kier alpha value is -1.35.